The third-order valence-corrected chi connectivity index (χ3v) is 5.77. The van der Waals surface area contributed by atoms with Crippen molar-refractivity contribution in [3.63, 3.8) is 0 Å². The van der Waals surface area contributed by atoms with Gasteiger partial charge in [0.05, 0.1) is 5.92 Å². The van der Waals surface area contributed by atoms with Crippen LogP contribution in [-0.4, -0.2) is 56.0 Å². The van der Waals surface area contributed by atoms with Gasteiger partial charge in [0.15, 0.2) is 5.82 Å². The highest BCUT2D eigenvalue weighted by molar-refractivity contribution is 5.81. The highest BCUT2D eigenvalue weighted by Crippen LogP contribution is 2.37. The molecule has 10 heteroatoms. The molecule has 2 aliphatic heterocycles. The number of hydrogen-bond donors (Lipinski definition) is 0. The summed E-state index contributed by atoms with van der Waals surface area (Å²) in [4.78, 5) is 28.4. The van der Waals surface area contributed by atoms with Crippen molar-refractivity contribution in [1.29, 1.82) is 0 Å². The number of piperidine rings is 1. The van der Waals surface area contributed by atoms with E-state index in [4.69, 9.17) is 0 Å². The van der Waals surface area contributed by atoms with Gasteiger partial charge in [-0.05, 0) is 18.4 Å². The van der Waals surface area contributed by atoms with Crippen LogP contribution >= 0.6 is 0 Å². The largest absolute Gasteiger partial charge is 0.451 e. The predicted molar refractivity (Wildman–Crippen MR) is 100 cm³/mol. The van der Waals surface area contributed by atoms with Crippen LogP contribution in [0.4, 0.5) is 13.2 Å². The zero-order chi connectivity index (χ0) is 21.5. The fourth-order valence-corrected chi connectivity index (χ4v) is 4.32. The molecule has 30 heavy (non-hydrogen) atoms. The van der Waals surface area contributed by atoms with Crippen molar-refractivity contribution < 1.29 is 22.8 Å². The summed E-state index contributed by atoms with van der Waals surface area (Å²) in [5.74, 6) is -1.58. The minimum atomic E-state index is -4.62. The van der Waals surface area contributed by atoms with Gasteiger partial charge in [-0.15, -0.1) is 10.2 Å². The lowest BCUT2D eigenvalue weighted by Crippen LogP contribution is -2.50. The number of carbonyl (C=O) groups is 2. The van der Waals surface area contributed by atoms with Gasteiger partial charge in [-0.25, -0.2) is 0 Å². The fourth-order valence-electron chi connectivity index (χ4n) is 4.32. The Kier molecular flexibility index (Phi) is 5.25. The molecule has 3 heterocycles. The molecule has 0 saturated carbocycles. The first kappa shape index (κ1) is 20.4. The number of benzene rings is 1. The molecule has 0 aliphatic carbocycles. The first-order valence-corrected chi connectivity index (χ1v) is 9.88. The van der Waals surface area contributed by atoms with Gasteiger partial charge in [0, 0.05) is 33.1 Å². The number of aromatic nitrogens is 3. The van der Waals surface area contributed by atoms with Gasteiger partial charge in [0.25, 0.3) is 0 Å². The van der Waals surface area contributed by atoms with E-state index < -0.39 is 18.0 Å². The van der Waals surface area contributed by atoms with E-state index in [1.165, 1.54) is 6.92 Å². The Balaban J connectivity index is 1.70. The Morgan fingerprint density at radius 3 is 2.47 bits per heavy atom. The molecule has 2 unspecified atom stereocenters. The molecule has 1 fully saturated rings. The molecule has 0 bridgehead atoms. The van der Waals surface area contributed by atoms with Crippen molar-refractivity contribution in [2.75, 3.05) is 19.6 Å². The predicted octanol–water partition coefficient (Wildman–Crippen LogP) is 2.49. The second-order valence-corrected chi connectivity index (χ2v) is 7.68. The number of carbonyl (C=O) groups excluding carboxylic acids is 2. The summed E-state index contributed by atoms with van der Waals surface area (Å²) in [7, 11) is 0. The van der Waals surface area contributed by atoms with Gasteiger partial charge in [-0.1, -0.05) is 30.3 Å². The van der Waals surface area contributed by atoms with E-state index in [1.54, 1.807) is 40.1 Å². The number of likely N-dealkylation sites (tertiary alicyclic amines) is 1. The maximum Gasteiger partial charge on any atom is 0.451 e. The number of amides is 2. The summed E-state index contributed by atoms with van der Waals surface area (Å²) in [6.45, 7) is 2.50. The molecule has 1 saturated heterocycles. The van der Waals surface area contributed by atoms with Crippen molar-refractivity contribution >= 4 is 11.8 Å². The van der Waals surface area contributed by atoms with E-state index in [2.05, 4.69) is 10.2 Å². The van der Waals surface area contributed by atoms with Crippen molar-refractivity contribution in [3.8, 4) is 0 Å². The molecule has 0 radical (unpaired) electrons. The molecule has 4 rings (SSSR count). The van der Waals surface area contributed by atoms with Gasteiger partial charge in [-0.3, -0.25) is 9.59 Å². The number of fused-ring (bicyclic) bond motifs is 1. The smallest absolute Gasteiger partial charge is 0.342 e. The zero-order valence-electron chi connectivity index (χ0n) is 16.5. The second kappa shape index (κ2) is 7.73. The minimum Gasteiger partial charge on any atom is -0.342 e. The Hall–Kier alpha value is -2.91. The van der Waals surface area contributed by atoms with Crippen LogP contribution in [-0.2, 0) is 22.3 Å². The number of alkyl halides is 3. The molecule has 2 aromatic rings. The molecule has 1 aromatic heterocycles. The number of halogens is 3. The van der Waals surface area contributed by atoms with E-state index in [-0.39, 0.29) is 36.6 Å². The van der Waals surface area contributed by atoms with Crippen molar-refractivity contribution in [3.05, 3.63) is 47.5 Å². The Morgan fingerprint density at radius 2 is 1.80 bits per heavy atom. The van der Waals surface area contributed by atoms with Crippen LogP contribution in [0.3, 0.4) is 0 Å². The standard InChI is InChI=1S/C20H22F3N5O2/c1-13(29)26-9-5-8-15(12-26)18(30)27-10-11-28-17(24-25-19(28)20(21,22)23)16(27)14-6-3-2-4-7-14/h2-4,6-7,15-16H,5,8-12H2,1H3. The second-order valence-electron chi connectivity index (χ2n) is 7.68. The summed E-state index contributed by atoms with van der Waals surface area (Å²) >= 11 is 0. The zero-order valence-corrected chi connectivity index (χ0v) is 16.5. The molecular weight excluding hydrogens is 399 g/mol. The van der Waals surface area contributed by atoms with Gasteiger partial charge >= 0.3 is 6.18 Å². The SMILES string of the molecule is CC(=O)N1CCCC(C(=O)N2CCn3c(nnc3C(F)(F)F)C2c2ccccc2)C1. The van der Waals surface area contributed by atoms with Gasteiger partial charge < -0.3 is 14.4 Å². The molecular formula is C20H22F3N5O2. The molecule has 2 aliphatic rings. The van der Waals surface area contributed by atoms with Crippen molar-refractivity contribution in [2.24, 2.45) is 5.92 Å². The molecule has 0 spiro atoms. The van der Waals surface area contributed by atoms with Gasteiger partial charge in [-0.2, -0.15) is 13.2 Å². The van der Waals surface area contributed by atoms with Crippen LogP contribution in [0, 0.1) is 5.92 Å². The van der Waals surface area contributed by atoms with E-state index in [9.17, 15) is 22.8 Å². The third kappa shape index (κ3) is 3.66. The topological polar surface area (TPSA) is 71.3 Å². The average Bonchev–Trinajstić information content (AvgIpc) is 3.18. The number of hydrogen-bond acceptors (Lipinski definition) is 4. The van der Waals surface area contributed by atoms with Gasteiger partial charge in [0.2, 0.25) is 17.6 Å². The Morgan fingerprint density at radius 1 is 1.07 bits per heavy atom. The third-order valence-electron chi connectivity index (χ3n) is 5.77. The lowest BCUT2D eigenvalue weighted by atomic mass is 9.94. The van der Waals surface area contributed by atoms with Gasteiger partial charge in [0.1, 0.15) is 6.04 Å². The molecule has 2 amide bonds. The summed E-state index contributed by atoms with van der Waals surface area (Å²) in [5.41, 5.74) is 0.673. The molecule has 2 atom stereocenters. The first-order valence-electron chi connectivity index (χ1n) is 9.88. The monoisotopic (exact) mass is 421 g/mol. The lowest BCUT2D eigenvalue weighted by Gasteiger charge is -2.40. The summed E-state index contributed by atoms with van der Waals surface area (Å²) in [6.07, 6.45) is -3.26. The van der Waals surface area contributed by atoms with Crippen LogP contribution < -0.4 is 0 Å². The van der Waals surface area contributed by atoms with Crippen LogP contribution in [0.1, 0.15) is 43.0 Å². The van der Waals surface area contributed by atoms with Crippen LogP contribution in [0.2, 0.25) is 0 Å². The van der Waals surface area contributed by atoms with E-state index >= 15 is 0 Å². The summed E-state index contributed by atoms with van der Waals surface area (Å²) < 4.78 is 41.1. The first-order chi connectivity index (χ1) is 14.3. The Labute approximate surface area is 171 Å². The van der Waals surface area contributed by atoms with Crippen LogP contribution in [0.25, 0.3) is 0 Å². The molecule has 7 nitrogen and oxygen atoms in total. The quantitative estimate of drug-likeness (QED) is 0.747. The van der Waals surface area contributed by atoms with E-state index in [0.29, 0.717) is 31.5 Å². The summed E-state index contributed by atoms with van der Waals surface area (Å²) in [5, 5.41) is 7.22. The highest BCUT2D eigenvalue weighted by atomic mass is 19.4. The van der Waals surface area contributed by atoms with E-state index in [0.717, 1.165) is 4.57 Å². The Bertz CT molecular complexity index is 944. The number of nitrogens with zero attached hydrogens (tertiary/aromatic N) is 5. The molecule has 160 valence electrons. The molecule has 0 N–H and O–H groups in total. The van der Waals surface area contributed by atoms with Crippen LogP contribution in [0.15, 0.2) is 30.3 Å². The molecule has 1 aromatic carbocycles. The van der Waals surface area contributed by atoms with Crippen molar-refractivity contribution in [2.45, 2.75) is 38.5 Å². The maximum absolute atomic E-state index is 13.4. The summed E-state index contributed by atoms with van der Waals surface area (Å²) in [6, 6.07) is 8.13. The van der Waals surface area contributed by atoms with E-state index in [1.807, 2.05) is 0 Å². The average molecular weight is 421 g/mol. The fraction of sp³-hybridized carbons (Fsp3) is 0.500. The highest BCUT2D eigenvalue weighted by Gasteiger charge is 2.44. The maximum atomic E-state index is 13.4. The van der Waals surface area contributed by atoms with Crippen molar-refractivity contribution in [1.82, 2.24) is 24.6 Å². The lowest BCUT2D eigenvalue weighted by molar-refractivity contribution is -0.148. The normalized spacial score (nSPS) is 22.0. The van der Waals surface area contributed by atoms with Crippen LogP contribution in [0.5, 0.6) is 0 Å². The number of rotatable bonds is 2. The minimum absolute atomic E-state index is 0.0323.